The molecule has 2 heterocycles. The number of aliphatic hydroxyl groups excluding tert-OH is 1. The fourth-order valence-electron chi connectivity index (χ4n) is 4.89. The van der Waals surface area contributed by atoms with Gasteiger partial charge in [-0.3, -0.25) is 29.2 Å². The van der Waals surface area contributed by atoms with E-state index in [0.29, 0.717) is 43.7 Å². The van der Waals surface area contributed by atoms with Crippen molar-refractivity contribution >= 4 is 45.4 Å². The molecule has 0 unspecified atom stereocenters. The number of ketones is 1. The number of carbonyl (C=O) groups excluding carboxylic acids is 3. The maximum absolute atomic E-state index is 13.0. The highest BCUT2D eigenvalue weighted by molar-refractivity contribution is 9.10. The van der Waals surface area contributed by atoms with E-state index in [0.717, 1.165) is 24.1 Å². The van der Waals surface area contributed by atoms with E-state index in [4.69, 9.17) is 0 Å². The Kier molecular flexibility index (Phi) is 7.35. The van der Waals surface area contributed by atoms with Gasteiger partial charge in [0.2, 0.25) is 5.91 Å². The SMILES string of the molecule is CC1(C)CC(=O)C(C=NCCN2CCN([C@@H]3CC(=O)N(c4cccc(Br)c4)C3=O)CC2)=C(O)C1. The van der Waals surface area contributed by atoms with Gasteiger partial charge in [0.05, 0.1) is 30.3 Å². The first-order valence-electron chi connectivity index (χ1n) is 11.7. The topological polar surface area (TPSA) is 93.5 Å². The van der Waals surface area contributed by atoms with Crippen LogP contribution in [0.5, 0.6) is 0 Å². The van der Waals surface area contributed by atoms with Gasteiger partial charge in [0.15, 0.2) is 5.78 Å². The van der Waals surface area contributed by atoms with Crippen molar-refractivity contribution in [3.63, 3.8) is 0 Å². The Morgan fingerprint density at radius 1 is 1.15 bits per heavy atom. The Bertz CT molecular complexity index is 1040. The largest absolute Gasteiger partial charge is 0.511 e. The molecule has 8 nitrogen and oxygen atoms in total. The highest BCUT2D eigenvalue weighted by Gasteiger charge is 2.43. The quantitative estimate of drug-likeness (QED) is 0.448. The van der Waals surface area contributed by atoms with Gasteiger partial charge in [-0.25, -0.2) is 4.90 Å². The summed E-state index contributed by atoms with van der Waals surface area (Å²) in [6.45, 7) is 8.20. The molecular formula is C25H31BrN4O4. The lowest BCUT2D eigenvalue weighted by molar-refractivity contribution is -0.123. The van der Waals surface area contributed by atoms with Gasteiger partial charge in [-0.2, -0.15) is 0 Å². The molecule has 2 aliphatic heterocycles. The van der Waals surface area contributed by atoms with E-state index in [-0.39, 0.29) is 35.2 Å². The van der Waals surface area contributed by atoms with Crippen LogP contribution < -0.4 is 4.90 Å². The van der Waals surface area contributed by atoms with Gasteiger partial charge >= 0.3 is 0 Å². The van der Waals surface area contributed by atoms with Crippen molar-refractivity contribution in [2.75, 3.05) is 44.2 Å². The van der Waals surface area contributed by atoms with Gasteiger partial charge in [0.1, 0.15) is 5.76 Å². The molecule has 4 rings (SSSR count). The van der Waals surface area contributed by atoms with Crippen LogP contribution >= 0.6 is 15.9 Å². The second-order valence-corrected chi connectivity index (χ2v) is 10.9. The van der Waals surface area contributed by atoms with Crippen molar-refractivity contribution in [2.24, 2.45) is 10.4 Å². The number of imide groups is 1. The monoisotopic (exact) mass is 530 g/mol. The van der Waals surface area contributed by atoms with Gasteiger partial charge in [-0.15, -0.1) is 0 Å². The summed E-state index contributed by atoms with van der Waals surface area (Å²) < 4.78 is 0.827. The molecule has 0 radical (unpaired) electrons. The molecule has 1 aromatic carbocycles. The van der Waals surface area contributed by atoms with Gasteiger partial charge < -0.3 is 5.11 Å². The van der Waals surface area contributed by atoms with Gasteiger partial charge in [0.25, 0.3) is 5.91 Å². The normalized spacial score (nSPS) is 24.6. The zero-order valence-corrected chi connectivity index (χ0v) is 21.3. The molecule has 1 atom stereocenters. The molecule has 3 aliphatic rings. The minimum atomic E-state index is -0.414. The highest BCUT2D eigenvalue weighted by atomic mass is 79.9. The van der Waals surface area contributed by atoms with Crippen LogP contribution in [-0.4, -0.2) is 84.0 Å². The summed E-state index contributed by atoms with van der Waals surface area (Å²) in [4.78, 5) is 47.9. The van der Waals surface area contributed by atoms with E-state index in [2.05, 4.69) is 30.7 Å². The minimum Gasteiger partial charge on any atom is -0.511 e. The van der Waals surface area contributed by atoms with E-state index in [1.54, 1.807) is 12.1 Å². The number of Topliss-reactive ketones (excluding diaryl/α,β-unsaturated/α-hetero) is 1. The van der Waals surface area contributed by atoms with Crippen molar-refractivity contribution in [2.45, 2.75) is 39.2 Å². The predicted octanol–water partition coefficient (Wildman–Crippen LogP) is 2.97. The van der Waals surface area contributed by atoms with E-state index < -0.39 is 6.04 Å². The zero-order chi connectivity index (χ0) is 24.5. The Hall–Kier alpha value is -2.36. The number of aliphatic imine (C=N–C) groups is 1. The molecule has 2 amide bonds. The number of aliphatic hydroxyl groups is 1. The lowest BCUT2D eigenvalue weighted by Crippen LogP contribution is -2.52. The van der Waals surface area contributed by atoms with Crippen LogP contribution in [0.4, 0.5) is 5.69 Å². The molecular weight excluding hydrogens is 500 g/mol. The zero-order valence-electron chi connectivity index (χ0n) is 19.7. The second kappa shape index (κ2) is 10.1. The number of benzene rings is 1. The van der Waals surface area contributed by atoms with Crippen molar-refractivity contribution < 1.29 is 19.5 Å². The molecule has 0 aromatic heterocycles. The maximum Gasteiger partial charge on any atom is 0.251 e. The van der Waals surface area contributed by atoms with Crippen molar-refractivity contribution in [1.29, 1.82) is 0 Å². The molecule has 0 bridgehead atoms. The van der Waals surface area contributed by atoms with E-state index in [1.165, 1.54) is 11.1 Å². The summed E-state index contributed by atoms with van der Waals surface area (Å²) >= 11 is 3.40. The molecule has 34 heavy (non-hydrogen) atoms. The number of anilines is 1. The van der Waals surface area contributed by atoms with Crippen molar-refractivity contribution in [3.8, 4) is 0 Å². The van der Waals surface area contributed by atoms with Crippen LogP contribution in [0.25, 0.3) is 0 Å². The number of halogens is 1. The second-order valence-electron chi connectivity index (χ2n) is 9.98. The van der Waals surface area contributed by atoms with Crippen LogP contribution in [0.2, 0.25) is 0 Å². The molecule has 2 fully saturated rings. The maximum atomic E-state index is 13.0. The number of hydrogen-bond acceptors (Lipinski definition) is 7. The first-order valence-corrected chi connectivity index (χ1v) is 12.5. The molecule has 0 spiro atoms. The summed E-state index contributed by atoms with van der Waals surface area (Å²) in [5, 5.41) is 10.2. The smallest absolute Gasteiger partial charge is 0.251 e. The Balaban J connectivity index is 1.26. The third-order valence-electron chi connectivity index (χ3n) is 6.70. The van der Waals surface area contributed by atoms with E-state index in [1.807, 2.05) is 26.0 Å². The number of nitrogens with zero attached hydrogens (tertiary/aromatic N) is 4. The average Bonchev–Trinajstić information content (AvgIpc) is 3.06. The van der Waals surface area contributed by atoms with Crippen LogP contribution in [-0.2, 0) is 14.4 Å². The first kappa shape index (κ1) is 24.8. The summed E-state index contributed by atoms with van der Waals surface area (Å²) in [6, 6.07) is 6.83. The summed E-state index contributed by atoms with van der Waals surface area (Å²) in [6.07, 6.45) is 2.63. The van der Waals surface area contributed by atoms with Crippen LogP contribution in [0, 0.1) is 5.41 Å². The van der Waals surface area contributed by atoms with Gasteiger partial charge in [-0.05, 0) is 23.6 Å². The van der Waals surface area contributed by atoms with Gasteiger partial charge in [-0.1, -0.05) is 35.8 Å². The average molecular weight is 531 g/mol. The molecule has 182 valence electrons. The van der Waals surface area contributed by atoms with Crippen LogP contribution in [0.15, 0.2) is 45.1 Å². The molecule has 1 aliphatic carbocycles. The Morgan fingerprint density at radius 2 is 1.88 bits per heavy atom. The number of carbonyl (C=O) groups is 3. The molecule has 1 aromatic rings. The number of rotatable bonds is 6. The minimum absolute atomic E-state index is 0.0567. The fourth-order valence-corrected chi connectivity index (χ4v) is 5.28. The number of amides is 2. The molecule has 9 heteroatoms. The standard InChI is InChI=1S/C25H31BrN4O4/c1-25(2)14-21(31)19(22(32)15-25)16-27-6-7-28-8-10-29(11-9-28)20-13-23(33)30(24(20)34)18-5-3-4-17(26)12-18/h3-5,12,16,20,31H,6-11,13-15H2,1-2H3/t20-/m1/s1. The number of piperazine rings is 1. The first-order chi connectivity index (χ1) is 16.1. The third-order valence-corrected chi connectivity index (χ3v) is 7.19. The predicted molar refractivity (Wildman–Crippen MR) is 134 cm³/mol. The lowest BCUT2D eigenvalue weighted by Gasteiger charge is -2.36. The van der Waals surface area contributed by atoms with Crippen LogP contribution in [0.3, 0.4) is 0 Å². The highest BCUT2D eigenvalue weighted by Crippen LogP contribution is 2.35. The molecule has 0 saturated carbocycles. The summed E-state index contributed by atoms with van der Waals surface area (Å²) in [5.74, 6) is -0.247. The van der Waals surface area contributed by atoms with Crippen molar-refractivity contribution in [1.82, 2.24) is 9.80 Å². The number of hydrogen-bond donors (Lipinski definition) is 1. The summed E-state index contributed by atoms with van der Waals surface area (Å²) in [7, 11) is 0. The lowest BCUT2D eigenvalue weighted by atomic mass is 9.77. The van der Waals surface area contributed by atoms with E-state index >= 15 is 0 Å². The van der Waals surface area contributed by atoms with Gasteiger partial charge in [0, 0.05) is 56.3 Å². The fraction of sp³-hybridized carbons (Fsp3) is 0.520. The van der Waals surface area contributed by atoms with E-state index in [9.17, 15) is 19.5 Å². The molecule has 2 saturated heterocycles. The van der Waals surface area contributed by atoms with Crippen molar-refractivity contribution in [3.05, 3.63) is 40.1 Å². The molecule has 1 N–H and O–H groups in total. The summed E-state index contributed by atoms with van der Waals surface area (Å²) in [5.41, 5.74) is 0.728. The Morgan fingerprint density at radius 3 is 2.56 bits per heavy atom. The van der Waals surface area contributed by atoms with Crippen LogP contribution in [0.1, 0.15) is 33.1 Å². The third kappa shape index (κ3) is 5.47. The Labute approximate surface area is 208 Å². The number of allylic oxidation sites excluding steroid dienone is 2.